The molecule has 5 heteroatoms. The van der Waals surface area contributed by atoms with Crippen molar-refractivity contribution in [1.29, 1.82) is 0 Å². The van der Waals surface area contributed by atoms with Crippen LogP contribution in [0.5, 0.6) is 0 Å². The summed E-state index contributed by atoms with van der Waals surface area (Å²) in [5, 5.41) is 3.39. The minimum absolute atomic E-state index is 0.103. The number of rotatable bonds is 4. The highest BCUT2D eigenvalue weighted by Gasteiger charge is 2.24. The number of aromatic amines is 1. The number of hydrogen-bond acceptors (Lipinski definition) is 4. The van der Waals surface area contributed by atoms with E-state index in [0.29, 0.717) is 17.3 Å². The third-order valence-corrected chi connectivity index (χ3v) is 4.92. The highest BCUT2D eigenvalue weighted by Crippen LogP contribution is 2.34. The SMILES string of the molecule is Cc1nc(-c2ccc(NC[C@@H]3Cc4ccccc43)nc2)[nH]c(=O)c1C. The molecule has 0 radical (unpaired) electrons. The molecular weight excluding hydrogens is 312 g/mol. The predicted octanol–water partition coefficient (Wildman–Crippen LogP) is 3.20. The number of nitrogens with zero attached hydrogens (tertiary/aromatic N) is 2. The first kappa shape index (κ1) is 15.6. The second kappa shape index (κ2) is 6.16. The average molecular weight is 332 g/mol. The summed E-state index contributed by atoms with van der Waals surface area (Å²) in [6.45, 7) is 4.49. The third-order valence-electron chi connectivity index (χ3n) is 4.92. The Labute approximate surface area is 146 Å². The van der Waals surface area contributed by atoms with Crippen LogP contribution in [-0.2, 0) is 6.42 Å². The van der Waals surface area contributed by atoms with Crippen molar-refractivity contribution < 1.29 is 0 Å². The Morgan fingerprint density at radius 3 is 2.76 bits per heavy atom. The van der Waals surface area contributed by atoms with Crippen molar-refractivity contribution in [1.82, 2.24) is 15.0 Å². The Balaban J connectivity index is 1.45. The number of hydrogen-bond donors (Lipinski definition) is 2. The Hall–Kier alpha value is -2.95. The molecule has 0 fully saturated rings. The van der Waals surface area contributed by atoms with E-state index in [4.69, 9.17) is 0 Å². The van der Waals surface area contributed by atoms with E-state index in [1.54, 1.807) is 13.1 Å². The van der Waals surface area contributed by atoms with Gasteiger partial charge in [0.05, 0.1) is 0 Å². The van der Waals surface area contributed by atoms with Crippen LogP contribution in [-0.4, -0.2) is 21.5 Å². The highest BCUT2D eigenvalue weighted by molar-refractivity contribution is 5.56. The zero-order valence-electron chi connectivity index (χ0n) is 14.3. The standard InChI is InChI=1S/C20H20N4O/c1-12-13(2)23-19(24-20(12)25)15-7-8-18(21-10-15)22-11-16-9-14-5-3-4-6-17(14)16/h3-8,10,16H,9,11H2,1-2H3,(H,21,22)(H,23,24,25)/t16-/m0/s1. The molecular formula is C20H20N4O. The summed E-state index contributed by atoms with van der Waals surface area (Å²) in [6, 6.07) is 12.4. The van der Waals surface area contributed by atoms with Crippen LogP contribution in [0.3, 0.4) is 0 Å². The van der Waals surface area contributed by atoms with Crippen LogP contribution in [0.2, 0.25) is 0 Å². The number of nitrogens with one attached hydrogen (secondary N) is 2. The van der Waals surface area contributed by atoms with E-state index in [1.165, 1.54) is 11.1 Å². The maximum absolute atomic E-state index is 11.9. The van der Waals surface area contributed by atoms with Gasteiger partial charge in [0.2, 0.25) is 0 Å². The fourth-order valence-corrected chi connectivity index (χ4v) is 3.19. The van der Waals surface area contributed by atoms with Gasteiger partial charge in [0.15, 0.2) is 0 Å². The quantitative estimate of drug-likeness (QED) is 0.770. The summed E-state index contributed by atoms with van der Waals surface area (Å²) < 4.78 is 0. The van der Waals surface area contributed by atoms with E-state index in [2.05, 4.69) is 44.5 Å². The van der Waals surface area contributed by atoms with Gasteiger partial charge in [-0.25, -0.2) is 9.97 Å². The Bertz CT molecular complexity index is 976. The first-order chi connectivity index (χ1) is 12.1. The number of aromatic nitrogens is 3. The molecule has 0 amide bonds. The van der Waals surface area contributed by atoms with Gasteiger partial charge in [0.1, 0.15) is 11.6 Å². The van der Waals surface area contributed by atoms with Gasteiger partial charge in [0.25, 0.3) is 5.56 Å². The fourth-order valence-electron chi connectivity index (χ4n) is 3.19. The largest absolute Gasteiger partial charge is 0.369 e. The summed E-state index contributed by atoms with van der Waals surface area (Å²) in [4.78, 5) is 23.6. The second-order valence-corrected chi connectivity index (χ2v) is 6.54. The first-order valence-corrected chi connectivity index (χ1v) is 8.47. The molecule has 2 N–H and O–H groups in total. The van der Waals surface area contributed by atoms with Crippen molar-refractivity contribution in [3.8, 4) is 11.4 Å². The smallest absolute Gasteiger partial charge is 0.254 e. The van der Waals surface area contributed by atoms with Crippen molar-refractivity contribution in [3.63, 3.8) is 0 Å². The molecule has 3 aromatic rings. The molecule has 25 heavy (non-hydrogen) atoms. The molecule has 2 heterocycles. The predicted molar refractivity (Wildman–Crippen MR) is 98.9 cm³/mol. The lowest BCUT2D eigenvalue weighted by Gasteiger charge is -2.30. The minimum atomic E-state index is -0.103. The van der Waals surface area contributed by atoms with Crippen molar-refractivity contribution in [2.45, 2.75) is 26.2 Å². The second-order valence-electron chi connectivity index (χ2n) is 6.54. The van der Waals surface area contributed by atoms with E-state index in [-0.39, 0.29) is 5.56 Å². The van der Waals surface area contributed by atoms with Gasteiger partial charge in [-0.15, -0.1) is 0 Å². The number of benzene rings is 1. The van der Waals surface area contributed by atoms with Gasteiger partial charge in [-0.3, -0.25) is 4.79 Å². The van der Waals surface area contributed by atoms with Crippen molar-refractivity contribution >= 4 is 5.82 Å². The molecule has 126 valence electrons. The highest BCUT2D eigenvalue weighted by atomic mass is 16.1. The lowest BCUT2D eigenvalue weighted by atomic mass is 9.77. The molecule has 1 aliphatic rings. The molecule has 1 aliphatic carbocycles. The maximum atomic E-state index is 11.9. The zero-order chi connectivity index (χ0) is 17.4. The van der Waals surface area contributed by atoms with Crippen molar-refractivity contribution in [2.75, 3.05) is 11.9 Å². The molecule has 0 bridgehead atoms. The minimum Gasteiger partial charge on any atom is -0.369 e. The topological polar surface area (TPSA) is 70.7 Å². The van der Waals surface area contributed by atoms with Crippen molar-refractivity contribution in [2.24, 2.45) is 0 Å². The summed E-state index contributed by atoms with van der Waals surface area (Å²) in [7, 11) is 0. The maximum Gasteiger partial charge on any atom is 0.254 e. The van der Waals surface area contributed by atoms with Crippen LogP contribution in [0.15, 0.2) is 47.4 Å². The molecule has 0 unspecified atom stereocenters. The van der Waals surface area contributed by atoms with E-state index in [9.17, 15) is 4.79 Å². The van der Waals surface area contributed by atoms with E-state index < -0.39 is 0 Å². The van der Waals surface area contributed by atoms with Gasteiger partial charge in [-0.1, -0.05) is 24.3 Å². The van der Waals surface area contributed by atoms with E-state index in [0.717, 1.165) is 30.0 Å². The molecule has 0 aliphatic heterocycles. The summed E-state index contributed by atoms with van der Waals surface area (Å²) in [6.07, 6.45) is 2.86. The summed E-state index contributed by atoms with van der Waals surface area (Å²) in [5.74, 6) is 1.94. The molecule has 2 aromatic heterocycles. The summed E-state index contributed by atoms with van der Waals surface area (Å²) in [5.41, 5.74) is 4.97. The normalized spacial score (nSPS) is 15.4. The van der Waals surface area contributed by atoms with E-state index in [1.807, 2.05) is 19.1 Å². The Morgan fingerprint density at radius 1 is 1.20 bits per heavy atom. The molecule has 1 atom stereocenters. The number of aryl methyl sites for hydroxylation is 1. The first-order valence-electron chi connectivity index (χ1n) is 8.47. The lowest BCUT2D eigenvalue weighted by molar-refractivity contribution is 0.634. The Kier molecular flexibility index (Phi) is 3.84. The summed E-state index contributed by atoms with van der Waals surface area (Å²) >= 11 is 0. The van der Waals surface area contributed by atoms with Gasteiger partial charge in [-0.05, 0) is 43.5 Å². The van der Waals surface area contributed by atoms with Crippen LogP contribution >= 0.6 is 0 Å². The van der Waals surface area contributed by atoms with Crippen LogP contribution < -0.4 is 10.9 Å². The number of fused-ring (bicyclic) bond motifs is 1. The van der Waals surface area contributed by atoms with Crippen LogP contribution in [0, 0.1) is 13.8 Å². The Morgan fingerprint density at radius 2 is 2.04 bits per heavy atom. The van der Waals surface area contributed by atoms with Gasteiger partial charge >= 0.3 is 0 Å². The average Bonchev–Trinajstić information content (AvgIpc) is 2.60. The van der Waals surface area contributed by atoms with Crippen molar-refractivity contribution in [3.05, 3.63) is 75.3 Å². The monoisotopic (exact) mass is 332 g/mol. The molecule has 0 saturated carbocycles. The van der Waals surface area contributed by atoms with Crippen LogP contribution in [0.1, 0.15) is 28.3 Å². The zero-order valence-corrected chi connectivity index (χ0v) is 14.3. The number of H-pyrrole nitrogens is 1. The van der Waals surface area contributed by atoms with Crippen LogP contribution in [0.4, 0.5) is 5.82 Å². The van der Waals surface area contributed by atoms with Gasteiger partial charge < -0.3 is 10.3 Å². The van der Waals surface area contributed by atoms with Crippen LogP contribution in [0.25, 0.3) is 11.4 Å². The number of pyridine rings is 1. The molecule has 4 rings (SSSR count). The van der Waals surface area contributed by atoms with E-state index >= 15 is 0 Å². The lowest BCUT2D eigenvalue weighted by Crippen LogP contribution is -2.24. The molecule has 1 aromatic carbocycles. The third kappa shape index (κ3) is 2.93. The molecule has 0 spiro atoms. The fraction of sp³-hybridized carbons (Fsp3) is 0.250. The number of anilines is 1. The molecule has 5 nitrogen and oxygen atoms in total. The van der Waals surface area contributed by atoms with Gasteiger partial charge in [0, 0.05) is 35.5 Å². The molecule has 0 saturated heterocycles. The van der Waals surface area contributed by atoms with Gasteiger partial charge in [-0.2, -0.15) is 0 Å².